The first-order chi connectivity index (χ1) is 12.9. The quantitative estimate of drug-likeness (QED) is 0.537. The van der Waals surface area contributed by atoms with Crippen molar-refractivity contribution >= 4 is 29.1 Å². The summed E-state index contributed by atoms with van der Waals surface area (Å²) in [5.74, 6) is 0.473. The highest BCUT2D eigenvalue weighted by Gasteiger charge is 2.10. The van der Waals surface area contributed by atoms with Crippen LogP contribution in [0, 0.1) is 13.8 Å². The summed E-state index contributed by atoms with van der Waals surface area (Å²) < 4.78 is 10.6. The van der Waals surface area contributed by atoms with Crippen LogP contribution in [0.25, 0.3) is 0 Å². The van der Waals surface area contributed by atoms with Crippen LogP contribution in [0.3, 0.4) is 0 Å². The number of ether oxygens (including phenoxy) is 2. The molecule has 0 aliphatic heterocycles. The molecular formula is C19H21N3O4S. The number of carbonyl (C=O) groups is 2. The van der Waals surface area contributed by atoms with Crippen molar-refractivity contribution in [1.82, 2.24) is 16.2 Å². The van der Waals surface area contributed by atoms with E-state index in [0.717, 1.165) is 11.1 Å². The molecule has 0 spiro atoms. The lowest BCUT2D eigenvalue weighted by atomic mass is 10.1. The number of benzene rings is 2. The maximum absolute atomic E-state index is 12.1. The highest BCUT2D eigenvalue weighted by molar-refractivity contribution is 7.80. The zero-order valence-electron chi connectivity index (χ0n) is 15.3. The number of thiocarbonyl (C=S) groups is 1. The fourth-order valence-corrected chi connectivity index (χ4v) is 2.42. The van der Waals surface area contributed by atoms with Gasteiger partial charge in [-0.3, -0.25) is 25.8 Å². The molecule has 0 aromatic heterocycles. The summed E-state index contributed by atoms with van der Waals surface area (Å²) in [4.78, 5) is 24.0. The summed E-state index contributed by atoms with van der Waals surface area (Å²) in [5.41, 5.74) is 7.14. The topological polar surface area (TPSA) is 88.7 Å². The summed E-state index contributed by atoms with van der Waals surface area (Å²) >= 11 is 4.99. The maximum Gasteiger partial charge on any atom is 0.276 e. The Balaban J connectivity index is 1.77. The van der Waals surface area contributed by atoms with Crippen LogP contribution in [-0.2, 0) is 4.79 Å². The first-order valence-corrected chi connectivity index (χ1v) is 8.54. The van der Waals surface area contributed by atoms with Gasteiger partial charge in [-0.2, -0.15) is 0 Å². The van der Waals surface area contributed by atoms with Crippen LogP contribution >= 0.6 is 12.2 Å². The molecule has 142 valence electrons. The van der Waals surface area contributed by atoms with E-state index in [1.165, 1.54) is 0 Å². The van der Waals surface area contributed by atoms with Crippen molar-refractivity contribution in [2.24, 2.45) is 0 Å². The minimum Gasteiger partial charge on any atom is -0.497 e. The molecule has 0 aliphatic carbocycles. The molecule has 3 N–H and O–H groups in total. The summed E-state index contributed by atoms with van der Waals surface area (Å²) in [6.45, 7) is 3.62. The molecule has 2 aromatic rings. The fourth-order valence-electron chi connectivity index (χ4n) is 2.28. The van der Waals surface area contributed by atoms with Crippen LogP contribution in [0.15, 0.2) is 42.5 Å². The second-order valence-electron chi connectivity index (χ2n) is 5.69. The predicted molar refractivity (Wildman–Crippen MR) is 106 cm³/mol. The average Bonchev–Trinajstić information content (AvgIpc) is 2.66. The Morgan fingerprint density at radius 1 is 1.00 bits per heavy atom. The van der Waals surface area contributed by atoms with Gasteiger partial charge in [0, 0.05) is 5.56 Å². The van der Waals surface area contributed by atoms with Crippen molar-refractivity contribution in [3.8, 4) is 11.5 Å². The van der Waals surface area contributed by atoms with E-state index < -0.39 is 11.8 Å². The van der Waals surface area contributed by atoms with Crippen molar-refractivity contribution in [2.75, 3.05) is 13.7 Å². The predicted octanol–water partition coefficient (Wildman–Crippen LogP) is 2.03. The Labute approximate surface area is 163 Å². The molecular weight excluding hydrogens is 366 g/mol. The molecule has 2 aromatic carbocycles. The van der Waals surface area contributed by atoms with E-state index in [2.05, 4.69) is 16.2 Å². The van der Waals surface area contributed by atoms with Crippen molar-refractivity contribution in [2.45, 2.75) is 13.8 Å². The smallest absolute Gasteiger partial charge is 0.276 e. The molecule has 0 aliphatic rings. The molecule has 0 radical (unpaired) electrons. The lowest BCUT2D eigenvalue weighted by Gasteiger charge is -2.13. The Bertz CT molecular complexity index is 817. The molecule has 0 atom stereocenters. The van der Waals surface area contributed by atoms with Gasteiger partial charge >= 0.3 is 0 Å². The Kier molecular flexibility index (Phi) is 7.13. The number of hydrogen-bond acceptors (Lipinski definition) is 5. The Morgan fingerprint density at radius 3 is 2.22 bits per heavy atom. The molecule has 0 saturated heterocycles. The van der Waals surface area contributed by atoms with E-state index in [1.807, 2.05) is 32.0 Å². The molecule has 0 saturated carbocycles. The first kappa shape index (κ1) is 20.2. The fraction of sp³-hybridized carbons (Fsp3) is 0.211. The van der Waals surface area contributed by atoms with E-state index >= 15 is 0 Å². The van der Waals surface area contributed by atoms with E-state index in [1.54, 1.807) is 31.4 Å². The minimum absolute atomic E-state index is 0.0313. The van der Waals surface area contributed by atoms with Gasteiger partial charge in [-0.25, -0.2) is 0 Å². The van der Waals surface area contributed by atoms with Gasteiger partial charge in [0.15, 0.2) is 11.7 Å². The van der Waals surface area contributed by atoms with Gasteiger partial charge < -0.3 is 9.47 Å². The summed E-state index contributed by atoms with van der Waals surface area (Å²) in [6.07, 6.45) is 0. The lowest BCUT2D eigenvalue weighted by Crippen LogP contribution is -2.49. The van der Waals surface area contributed by atoms with Crippen molar-refractivity contribution in [1.29, 1.82) is 0 Å². The lowest BCUT2D eigenvalue weighted by molar-refractivity contribution is -0.123. The zero-order chi connectivity index (χ0) is 19.8. The molecule has 7 nitrogen and oxygen atoms in total. The van der Waals surface area contributed by atoms with E-state index in [9.17, 15) is 9.59 Å². The molecule has 2 amide bonds. The number of hydrogen-bond donors (Lipinski definition) is 3. The number of carbonyl (C=O) groups excluding carboxylic acids is 2. The number of amides is 2. The van der Waals surface area contributed by atoms with Crippen molar-refractivity contribution in [3.63, 3.8) is 0 Å². The number of aryl methyl sites for hydroxylation is 2. The summed E-state index contributed by atoms with van der Waals surface area (Å²) in [5, 5.41) is 2.43. The van der Waals surface area contributed by atoms with Crippen LogP contribution in [0.1, 0.15) is 21.5 Å². The third kappa shape index (κ3) is 5.96. The second kappa shape index (κ2) is 9.54. The van der Waals surface area contributed by atoms with Gasteiger partial charge in [0.05, 0.1) is 7.11 Å². The standard InChI is InChI=1S/C19H21N3O4S/c1-12-5-4-6-13(2)17(12)26-11-16(23)21-22-19(27)20-18(24)14-7-9-15(25-3)10-8-14/h4-10H,11H2,1-3H3,(H,21,23)(H2,20,22,24,27). The van der Waals surface area contributed by atoms with Gasteiger partial charge in [0.2, 0.25) is 0 Å². The van der Waals surface area contributed by atoms with Crippen LogP contribution in [0.5, 0.6) is 11.5 Å². The largest absolute Gasteiger partial charge is 0.497 e. The second-order valence-corrected chi connectivity index (χ2v) is 6.10. The van der Waals surface area contributed by atoms with Crippen molar-refractivity contribution in [3.05, 3.63) is 59.2 Å². The number of nitrogens with one attached hydrogen (secondary N) is 3. The molecule has 27 heavy (non-hydrogen) atoms. The highest BCUT2D eigenvalue weighted by Crippen LogP contribution is 2.21. The monoisotopic (exact) mass is 387 g/mol. The van der Waals surface area contributed by atoms with Crippen LogP contribution in [-0.4, -0.2) is 30.6 Å². The normalized spacial score (nSPS) is 9.89. The van der Waals surface area contributed by atoms with Gasteiger partial charge in [0.1, 0.15) is 11.5 Å². The van der Waals surface area contributed by atoms with E-state index in [-0.39, 0.29) is 11.7 Å². The van der Waals surface area contributed by atoms with Crippen LogP contribution in [0.4, 0.5) is 0 Å². The van der Waals surface area contributed by atoms with E-state index in [0.29, 0.717) is 17.1 Å². The summed E-state index contributed by atoms with van der Waals surface area (Å²) in [7, 11) is 1.54. The van der Waals surface area contributed by atoms with Crippen LogP contribution in [0.2, 0.25) is 0 Å². The molecule has 0 bridgehead atoms. The van der Waals surface area contributed by atoms with Gasteiger partial charge in [-0.05, 0) is 61.5 Å². The number of hydrazine groups is 1. The third-order valence-electron chi connectivity index (χ3n) is 3.65. The maximum atomic E-state index is 12.1. The molecule has 2 rings (SSSR count). The first-order valence-electron chi connectivity index (χ1n) is 8.14. The van der Waals surface area contributed by atoms with Crippen molar-refractivity contribution < 1.29 is 19.1 Å². The Hall–Kier alpha value is -3.13. The molecule has 0 heterocycles. The number of methoxy groups -OCH3 is 1. The third-order valence-corrected chi connectivity index (χ3v) is 3.86. The average molecular weight is 387 g/mol. The van der Waals surface area contributed by atoms with Gasteiger partial charge in [-0.15, -0.1) is 0 Å². The Morgan fingerprint density at radius 2 is 1.63 bits per heavy atom. The minimum atomic E-state index is -0.432. The number of rotatable bonds is 5. The summed E-state index contributed by atoms with van der Waals surface area (Å²) in [6, 6.07) is 12.3. The number of para-hydroxylation sites is 1. The zero-order valence-corrected chi connectivity index (χ0v) is 16.1. The van der Waals surface area contributed by atoms with Gasteiger partial charge in [0.25, 0.3) is 11.8 Å². The molecule has 8 heteroatoms. The highest BCUT2D eigenvalue weighted by atomic mass is 32.1. The van der Waals surface area contributed by atoms with Gasteiger partial charge in [-0.1, -0.05) is 18.2 Å². The molecule has 0 unspecified atom stereocenters. The van der Waals surface area contributed by atoms with E-state index in [4.69, 9.17) is 21.7 Å². The molecule has 0 fully saturated rings. The SMILES string of the molecule is COc1ccc(C(=O)NC(=S)NNC(=O)COc2c(C)cccc2C)cc1. The van der Waals surface area contributed by atoms with Crippen LogP contribution < -0.4 is 25.6 Å².